The molecule has 0 fully saturated rings. The Bertz CT molecular complexity index is 366. The molecule has 1 aromatic rings. The molecule has 15 heavy (non-hydrogen) atoms. The molecule has 0 aromatic heterocycles. The summed E-state index contributed by atoms with van der Waals surface area (Å²) in [7, 11) is 0. The van der Waals surface area contributed by atoms with E-state index in [2.05, 4.69) is 0 Å². The van der Waals surface area contributed by atoms with Gasteiger partial charge in [-0.1, -0.05) is 36.2 Å². The lowest BCUT2D eigenvalue weighted by molar-refractivity contribution is -0.143. The molecule has 0 bridgehead atoms. The first kappa shape index (κ1) is 12.3. The van der Waals surface area contributed by atoms with Crippen LogP contribution in [0.3, 0.4) is 0 Å². The number of aliphatic hydroxyl groups is 1. The summed E-state index contributed by atoms with van der Waals surface area (Å²) in [5.41, 5.74) is 0. The Balaban J connectivity index is 2.81. The maximum absolute atomic E-state index is 11.2. The van der Waals surface area contributed by atoms with Gasteiger partial charge in [0, 0.05) is 0 Å². The van der Waals surface area contributed by atoms with Gasteiger partial charge in [-0.2, -0.15) is 0 Å². The van der Waals surface area contributed by atoms with E-state index in [1.807, 2.05) is 0 Å². The molecule has 0 heterocycles. The zero-order chi connectivity index (χ0) is 11.4. The average molecular weight is 249 g/mol. The predicted molar refractivity (Wildman–Crippen MR) is 58.4 cm³/mol. The maximum Gasteiger partial charge on any atom is 0.340 e. The molecule has 0 aliphatic rings. The monoisotopic (exact) mass is 248 g/mol. The molecular formula is C10H10Cl2O3. The summed E-state index contributed by atoms with van der Waals surface area (Å²) in [6.07, 6.45) is -0.850. The van der Waals surface area contributed by atoms with Crippen molar-refractivity contribution in [1.29, 1.82) is 0 Å². The number of esters is 1. The van der Waals surface area contributed by atoms with Gasteiger partial charge in [0.2, 0.25) is 0 Å². The van der Waals surface area contributed by atoms with Gasteiger partial charge in [-0.25, -0.2) is 4.79 Å². The zero-order valence-electron chi connectivity index (χ0n) is 8.04. The number of hydrogen-bond acceptors (Lipinski definition) is 3. The highest BCUT2D eigenvalue weighted by atomic mass is 35.5. The van der Waals surface area contributed by atoms with Crippen LogP contribution in [0.1, 0.15) is 13.3 Å². The second-order valence-electron chi connectivity index (χ2n) is 2.90. The molecular weight excluding hydrogens is 239 g/mol. The Labute approximate surface area is 97.6 Å². The fourth-order valence-electron chi connectivity index (χ4n) is 0.906. The van der Waals surface area contributed by atoms with E-state index in [4.69, 9.17) is 27.9 Å². The third-order valence-electron chi connectivity index (χ3n) is 1.79. The van der Waals surface area contributed by atoms with Crippen LogP contribution < -0.4 is 4.74 Å². The molecule has 1 unspecified atom stereocenters. The van der Waals surface area contributed by atoms with Crippen molar-refractivity contribution in [3.05, 3.63) is 28.2 Å². The quantitative estimate of drug-likeness (QED) is 0.661. The molecule has 1 N–H and O–H groups in total. The van der Waals surface area contributed by atoms with Crippen molar-refractivity contribution >= 4 is 29.2 Å². The Morgan fingerprint density at radius 2 is 2.20 bits per heavy atom. The molecule has 1 aromatic carbocycles. The van der Waals surface area contributed by atoms with Gasteiger partial charge in [0.25, 0.3) is 0 Å². The molecule has 0 saturated heterocycles. The Morgan fingerprint density at radius 3 is 2.80 bits per heavy atom. The molecule has 3 nitrogen and oxygen atoms in total. The van der Waals surface area contributed by atoms with Crippen LogP contribution in [0.2, 0.25) is 10.0 Å². The first-order valence-corrected chi connectivity index (χ1v) is 5.15. The number of carbonyl (C=O) groups is 1. The van der Waals surface area contributed by atoms with E-state index in [1.165, 1.54) is 6.07 Å². The van der Waals surface area contributed by atoms with E-state index in [0.717, 1.165) is 0 Å². The molecule has 0 amide bonds. The maximum atomic E-state index is 11.2. The summed E-state index contributed by atoms with van der Waals surface area (Å²) in [6.45, 7) is 1.67. The lowest BCUT2D eigenvalue weighted by atomic mass is 10.3. The normalized spacial score (nSPS) is 12.3. The topological polar surface area (TPSA) is 46.5 Å². The van der Waals surface area contributed by atoms with E-state index >= 15 is 0 Å². The number of hydrogen-bond donors (Lipinski definition) is 1. The fourth-order valence-corrected chi connectivity index (χ4v) is 1.24. The number of halogens is 2. The summed E-state index contributed by atoms with van der Waals surface area (Å²) in [5, 5.41) is 9.66. The van der Waals surface area contributed by atoms with E-state index in [0.29, 0.717) is 5.02 Å². The summed E-state index contributed by atoms with van der Waals surface area (Å²) in [6, 6.07) is 4.70. The van der Waals surface area contributed by atoms with Gasteiger partial charge in [-0.3, -0.25) is 0 Å². The predicted octanol–water partition coefficient (Wildman–Crippen LogP) is 2.67. The first-order valence-electron chi connectivity index (χ1n) is 4.40. The number of benzene rings is 1. The van der Waals surface area contributed by atoms with Gasteiger partial charge in [0.05, 0.1) is 5.02 Å². The minimum absolute atomic E-state index is 0.154. The largest absolute Gasteiger partial charge is 0.423 e. The van der Waals surface area contributed by atoms with E-state index in [-0.39, 0.29) is 17.2 Å². The number of ether oxygens (including phenoxy) is 1. The Kier molecular flexibility index (Phi) is 4.39. The smallest absolute Gasteiger partial charge is 0.340 e. The van der Waals surface area contributed by atoms with Gasteiger partial charge < -0.3 is 9.84 Å². The highest BCUT2D eigenvalue weighted by Crippen LogP contribution is 2.31. The fraction of sp³-hybridized carbons (Fsp3) is 0.300. The summed E-state index contributed by atoms with van der Waals surface area (Å²) in [4.78, 5) is 11.2. The summed E-state index contributed by atoms with van der Waals surface area (Å²) >= 11 is 11.5. The van der Waals surface area contributed by atoms with Gasteiger partial charge in [-0.15, -0.1) is 0 Å². The molecule has 82 valence electrons. The van der Waals surface area contributed by atoms with Crippen LogP contribution in [0.5, 0.6) is 5.75 Å². The number of carbonyl (C=O) groups excluding carboxylic acids is 1. The van der Waals surface area contributed by atoms with Gasteiger partial charge in [0.15, 0.2) is 11.9 Å². The van der Waals surface area contributed by atoms with E-state index in [1.54, 1.807) is 19.1 Å². The molecule has 0 spiro atoms. The molecule has 5 heteroatoms. The average Bonchev–Trinajstić information content (AvgIpc) is 2.23. The zero-order valence-corrected chi connectivity index (χ0v) is 9.55. The number of rotatable bonds is 3. The lowest BCUT2D eigenvalue weighted by Crippen LogP contribution is -2.24. The molecule has 0 radical (unpaired) electrons. The molecule has 1 rings (SSSR count). The molecule has 1 atom stereocenters. The highest BCUT2D eigenvalue weighted by molar-refractivity contribution is 6.43. The van der Waals surface area contributed by atoms with Crippen molar-refractivity contribution in [3.8, 4) is 5.75 Å². The minimum atomic E-state index is -1.14. The Hall–Kier alpha value is -0.770. The second kappa shape index (κ2) is 5.35. The van der Waals surface area contributed by atoms with Crippen LogP contribution in [0.25, 0.3) is 0 Å². The van der Waals surface area contributed by atoms with Crippen molar-refractivity contribution in [2.75, 3.05) is 0 Å². The Morgan fingerprint density at radius 1 is 1.53 bits per heavy atom. The molecule has 0 saturated carbocycles. The van der Waals surface area contributed by atoms with Crippen molar-refractivity contribution in [2.45, 2.75) is 19.4 Å². The number of aliphatic hydroxyl groups excluding tert-OH is 1. The van der Waals surface area contributed by atoms with Crippen LogP contribution in [0.4, 0.5) is 0 Å². The van der Waals surface area contributed by atoms with Crippen molar-refractivity contribution < 1.29 is 14.6 Å². The van der Waals surface area contributed by atoms with Crippen LogP contribution in [-0.2, 0) is 4.79 Å². The summed E-state index contributed by atoms with van der Waals surface area (Å²) < 4.78 is 4.87. The SMILES string of the molecule is CCC(O)C(=O)Oc1cccc(Cl)c1Cl. The van der Waals surface area contributed by atoms with Gasteiger partial charge in [-0.05, 0) is 18.6 Å². The van der Waals surface area contributed by atoms with Gasteiger partial charge >= 0.3 is 5.97 Å². The third-order valence-corrected chi connectivity index (χ3v) is 2.59. The standard InChI is InChI=1S/C10H10Cl2O3/c1-2-7(13)10(14)15-8-5-3-4-6(11)9(8)12/h3-5,7,13H,2H2,1H3. The highest BCUT2D eigenvalue weighted by Gasteiger charge is 2.17. The first-order chi connectivity index (χ1) is 7.06. The second-order valence-corrected chi connectivity index (χ2v) is 3.68. The minimum Gasteiger partial charge on any atom is -0.423 e. The van der Waals surface area contributed by atoms with Crippen LogP contribution >= 0.6 is 23.2 Å². The summed E-state index contributed by atoms with van der Waals surface area (Å²) in [5.74, 6) is -0.580. The lowest BCUT2D eigenvalue weighted by Gasteiger charge is -2.09. The van der Waals surface area contributed by atoms with Crippen molar-refractivity contribution in [3.63, 3.8) is 0 Å². The van der Waals surface area contributed by atoms with Gasteiger partial charge in [0.1, 0.15) is 5.02 Å². The third kappa shape index (κ3) is 3.09. The molecule has 0 aliphatic heterocycles. The van der Waals surface area contributed by atoms with E-state index < -0.39 is 12.1 Å². The van der Waals surface area contributed by atoms with Crippen LogP contribution in [0, 0.1) is 0 Å². The van der Waals surface area contributed by atoms with Crippen molar-refractivity contribution in [1.82, 2.24) is 0 Å². The van der Waals surface area contributed by atoms with Crippen LogP contribution in [-0.4, -0.2) is 17.2 Å². The van der Waals surface area contributed by atoms with Crippen LogP contribution in [0.15, 0.2) is 18.2 Å². The molecule has 0 aliphatic carbocycles. The van der Waals surface area contributed by atoms with E-state index in [9.17, 15) is 9.90 Å². The van der Waals surface area contributed by atoms with Crippen molar-refractivity contribution in [2.24, 2.45) is 0 Å².